The van der Waals surface area contributed by atoms with Crippen LogP contribution in [0.15, 0.2) is 12.2 Å². The van der Waals surface area contributed by atoms with Crippen molar-refractivity contribution in [3.63, 3.8) is 0 Å². The lowest BCUT2D eigenvalue weighted by atomic mass is 10.1. The van der Waals surface area contributed by atoms with E-state index in [4.69, 9.17) is 0 Å². The van der Waals surface area contributed by atoms with Crippen LogP contribution in [0.5, 0.6) is 0 Å². The molecular formula is C23H42NO3S-. The first-order valence-electron chi connectivity index (χ1n) is 11.3. The van der Waals surface area contributed by atoms with Gasteiger partial charge in [0.25, 0.3) is 0 Å². The number of aliphatic carboxylic acids is 1. The van der Waals surface area contributed by atoms with Crippen LogP contribution < -0.4 is 10.4 Å². The molecule has 1 atom stereocenters. The van der Waals surface area contributed by atoms with Gasteiger partial charge in [-0.25, -0.2) is 0 Å². The summed E-state index contributed by atoms with van der Waals surface area (Å²) in [7, 11) is 0. The molecule has 0 aromatic heterocycles. The molecule has 0 aliphatic carbocycles. The molecule has 4 nitrogen and oxygen atoms in total. The Bertz CT molecular complexity index is 413. The van der Waals surface area contributed by atoms with Gasteiger partial charge in [0.15, 0.2) is 0 Å². The fraction of sp³-hybridized carbons (Fsp3) is 0.826. The summed E-state index contributed by atoms with van der Waals surface area (Å²) in [4.78, 5) is 22.8. The number of unbranched alkanes of at least 4 members (excludes halogenated alkanes) is 11. The molecule has 0 heterocycles. The van der Waals surface area contributed by atoms with Gasteiger partial charge in [-0.2, -0.15) is 11.8 Å². The van der Waals surface area contributed by atoms with Gasteiger partial charge in [-0.1, -0.05) is 70.4 Å². The number of carboxylic acids is 1. The molecule has 0 unspecified atom stereocenters. The standard InChI is InChI=1S/C23H43NO3S/c1-3-4-5-6-7-8-9-10-11-12-13-14-15-16-17-18-22(25)24-21(23(26)27)19-20-28-2/h10-11,21H,3-9,12-20H2,1-2H3,(H,24,25)(H,26,27)/p-1/b11-10-/t21-/m0/s1. The maximum absolute atomic E-state index is 11.8. The van der Waals surface area contributed by atoms with Crippen molar-refractivity contribution in [3.05, 3.63) is 12.2 Å². The van der Waals surface area contributed by atoms with Crippen LogP contribution >= 0.6 is 11.8 Å². The van der Waals surface area contributed by atoms with Crippen molar-refractivity contribution < 1.29 is 14.7 Å². The third-order valence-corrected chi connectivity index (χ3v) is 5.54. The van der Waals surface area contributed by atoms with Crippen LogP contribution in [0.1, 0.15) is 103 Å². The Morgan fingerprint density at radius 2 is 1.43 bits per heavy atom. The molecule has 28 heavy (non-hydrogen) atoms. The van der Waals surface area contributed by atoms with Crippen LogP contribution in [-0.2, 0) is 9.59 Å². The minimum Gasteiger partial charge on any atom is -0.548 e. The molecule has 164 valence electrons. The van der Waals surface area contributed by atoms with Gasteiger partial charge in [0.1, 0.15) is 0 Å². The average Bonchev–Trinajstić information content (AvgIpc) is 2.67. The summed E-state index contributed by atoms with van der Waals surface area (Å²) in [5, 5.41) is 13.6. The third-order valence-electron chi connectivity index (χ3n) is 4.90. The number of carbonyl (C=O) groups excluding carboxylic acids is 2. The van der Waals surface area contributed by atoms with Gasteiger partial charge in [0.05, 0.1) is 12.0 Å². The second kappa shape index (κ2) is 20.8. The van der Waals surface area contributed by atoms with Gasteiger partial charge in [-0.3, -0.25) is 4.79 Å². The van der Waals surface area contributed by atoms with Crippen molar-refractivity contribution in [3.8, 4) is 0 Å². The molecule has 0 aliphatic heterocycles. The van der Waals surface area contributed by atoms with Crippen LogP contribution in [0.25, 0.3) is 0 Å². The molecule has 0 aliphatic rings. The fourth-order valence-corrected chi connectivity index (χ4v) is 3.58. The van der Waals surface area contributed by atoms with Gasteiger partial charge in [0.2, 0.25) is 5.91 Å². The zero-order valence-electron chi connectivity index (χ0n) is 18.2. The molecule has 0 saturated carbocycles. The van der Waals surface area contributed by atoms with Crippen LogP contribution in [0.4, 0.5) is 0 Å². The average molecular weight is 413 g/mol. The van der Waals surface area contributed by atoms with Crippen molar-refractivity contribution in [2.24, 2.45) is 0 Å². The summed E-state index contributed by atoms with van der Waals surface area (Å²) in [6, 6.07) is -0.858. The summed E-state index contributed by atoms with van der Waals surface area (Å²) in [6.07, 6.45) is 23.3. The van der Waals surface area contributed by atoms with Gasteiger partial charge in [-0.05, 0) is 50.5 Å². The Labute approximate surface area is 177 Å². The van der Waals surface area contributed by atoms with E-state index in [2.05, 4.69) is 24.4 Å². The zero-order chi connectivity index (χ0) is 20.9. The Morgan fingerprint density at radius 1 is 0.893 bits per heavy atom. The predicted octanol–water partition coefficient (Wildman–Crippen LogP) is 5.01. The van der Waals surface area contributed by atoms with E-state index in [1.54, 1.807) is 11.8 Å². The number of amides is 1. The van der Waals surface area contributed by atoms with Gasteiger partial charge in [0, 0.05) is 6.42 Å². The van der Waals surface area contributed by atoms with Crippen molar-refractivity contribution in [1.29, 1.82) is 0 Å². The SMILES string of the molecule is CCCCCCCC/C=C\CCCCCCCC(=O)N[C@@H](CCSC)C(=O)[O-]. The molecular weight excluding hydrogens is 370 g/mol. The fourth-order valence-electron chi connectivity index (χ4n) is 3.11. The molecule has 0 radical (unpaired) electrons. The molecule has 0 aromatic carbocycles. The van der Waals surface area contributed by atoms with Crippen LogP contribution in [0, 0.1) is 0 Å². The van der Waals surface area contributed by atoms with Crippen molar-refractivity contribution in [1.82, 2.24) is 5.32 Å². The molecule has 0 fully saturated rings. The molecule has 1 N–H and O–H groups in total. The second-order valence-corrected chi connectivity index (χ2v) is 8.54. The van der Waals surface area contributed by atoms with Gasteiger partial charge >= 0.3 is 0 Å². The number of hydrogen-bond acceptors (Lipinski definition) is 4. The number of carbonyl (C=O) groups is 2. The van der Waals surface area contributed by atoms with E-state index in [0.717, 1.165) is 25.7 Å². The van der Waals surface area contributed by atoms with E-state index >= 15 is 0 Å². The summed E-state index contributed by atoms with van der Waals surface area (Å²) < 4.78 is 0. The van der Waals surface area contributed by atoms with Crippen LogP contribution in [0.2, 0.25) is 0 Å². The van der Waals surface area contributed by atoms with E-state index in [1.165, 1.54) is 57.8 Å². The first-order valence-corrected chi connectivity index (χ1v) is 12.6. The first kappa shape index (κ1) is 27.0. The maximum atomic E-state index is 11.8. The lowest BCUT2D eigenvalue weighted by molar-refractivity contribution is -0.308. The van der Waals surface area contributed by atoms with E-state index in [0.29, 0.717) is 18.6 Å². The Kier molecular flexibility index (Phi) is 20.0. The smallest absolute Gasteiger partial charge is 0.220 e. The van der Waals surface area contributed by atoms with Crippen molar-refractivity contribution in [2.75, 3.05) is 12.0 Å². The largest absolute Gasteiger partial charge is 0.548 e. The zero-order valence-corrected chi connectivity index (χ0v) is 19.0. The molecule has 5 heteroatoms. The van der Waals surface area contributed by atoms with E-state index in [9.17, 15) is 14.7 Å². The van der Waals surface area contributed by atoms with Crippen molar-refractivity contribution >= 4 is 23.6 Å². The van der Waals surface area contributed by atoms with Gasteiger partial charge in [-0.15, -0.1) is 0 Å². The summed E-state index contributed by atoms with van der Waals surface area (Å²) in [5.74, 6) is -0.660. The molecule has 1 amide bonds. The number of allylic oxidation sites excluding steroid dienone is 2. The number of carboxylic acid groups (broad SMARTS) is 1. The van der Waals surface area contributed by atoms with Crippen molar-refractivity contribution in [2.45, 2.75) is 109 Å². The highest BCUT2D eigenvalue weighted by Gasteiger charge is 2.12. The highest BCUT2D eigenvalue weighted by molar-refractivity contribution is 7.98. The Morgan fingerprint density at radius 3 is 1.96 bits per heavy atom. The monoisotopic (exact) mass is 412 g/mol. The Balaban J connectivity index is 3.47. The second-order valence-electron chi connectivity index (χ2n) is 7.55. The summed E-state index contributed by atoms with van der Waals surface area (Å²) >= 11 is 1.57. The lowest BCUT2D eigenvalue weighted by Crippen LogP contribution is -2.48. The topological polar surface area (TPSA) is 69.2 Å². The normalized spacial score (nSPS) is 12.4. The minimum absolute atomic E-state index is 0.173. The molecule has 0 aromatic rings. The lowest BCUT2D eigenvalue weighted by Gasteiger charge is -2.19. The molecule has 0 saturated heterocycles. The Hall–Kier alpha value is -0.970. The van der Waals surface area contributed by atoms with E-state index in [1.807, 2.05) is 6.26 Å². The number of thioether (sulfide) groups is 1. The summed E-state index contributed by atoms with van der Waals surface area (Å²) in [6.45, 7) is 2.25. The minimum atomic E-state index is -1.19. The first-order chi connectivity index (χ1) is 13.6. The molecule has 0 rings (SSSR count). The molecule has 0 spiro atoms. The number of rotatable bonds is 20. The van der Waals surface area contributed by atoms with Crippen LogP contribution in [-0.4, -0.2) is 29.9 Å². The predicted molar refractivity (Wildman–Crippen MR) is 119 cm³/mol. The van der Waals surface area contributed by atoms with Gasteiger partial charge < -0.3 is 15.2 Å². The highest BCUT2D eigenvalue weighted by Crippen LogP contribution is 2.10. The van der Waals surface area contributed by atoms with E-state index in [-0.39, 0.29) is 5.91 Å². The number of hydrogen-bond donors (Lipinski definition) is 1. The number of nitrogens with one attached hydrogen (secondary N) is 1. The summed E-state index contributed by atoms with van der Waals surface area (Å²) in [5.41, 5.74) is 0. The maximum Gasteiger partial charge on any atom is 0.220 e. The quantitative estimate of drug-likeness (QED) is 0.225. The third kappa shape index (κ3) is 18.4. The van der Waals surface area contributed by atoms with E-state index < -0.39 is 12.0 Å². The van der Waals surface area contributed by atoms with Crippen LogP contribution in [0.3, 0.4) is 0 Å². The molecule has 0 bridgehead atoms. The highest BCUT2D eigenvalue weighted by atomic mass is 32.2.